The highest BCUT2D eigenvalue weighted by atomic mass is 35.5. The third-order valence-electron chi connectivity index (χ3n) is 2.56. The van der Waals surface area contributed by atoms with Gasteiger partial charge in [-0.15, -0.1) is 11.3 Å². The van der Waals surface area contributed by atoms with Gasteiger partial charge in [-0.25, -0.2) is 0 Å². The van der Waals surface area contributed by atoms with Crippen molar-refractivity contribution in [2.24, 2.45) is 0 Å². The van der Waals surface area contributed by atoms with E-state index in [0.29, 0.717) is 0 Å². The van der Waals surface area contributed by atoms with Gasteiger partial charge in [-0.1, -0.05) is 42.8 Å². The molecule has 0 atom stereocenters. The monoisotopic (exact) mass is 277 g/mol. The first-order chi connectivity index (χ1) is 8.81. The zero-order valence-corrected chi connectivity index (χ0v) is 11.9. The molecular formula is C15H16ClNS. The molecule has 0 aliphatic heterocycles. The van der Waals surface area contributed by atoms with E-state index in [9.17, 15) is 0 Å². The summed E-state index contributed by atoms with van der Waals surface area (Å²) in [4.78, 5) is 2.46. The summed E-state index contributed by atoms with van der Waals surface area (Å²) >= 11 is 7.95. The van der Waals surface area contributed by atoms with E-state index in [0.717, 1.165) is 23.7 Å². The summed E-state index contributed by atoms with van der Waals surface area (Å²) in [7, 11) is 0. The maximum Gasteiger partial charge on any atom is 0.0492 e. The summed E-state index contributed by atoms with van der Waals surface area (Å²) in [6.07, 6.45) is 4.29. The Morgan fingerprint density at radius 1 is 1.22 bits per heavy atom. The van der Waals surface area contributed by atoms with Crippen LogP contribution in [0.3, 0.4) is 0 Å². The van der Waals surface area contributed by atoms with Crippen LogP contribution in [0.2, 0.25) is 5.02 Å². The van der Waals surface area contributed by atoms with Crippen molar-refractivity contribution in [2.45, 2.75) is 6.92 Å². The van der Waals surface area contributed by atoms with Gasteiger partial charge in [0.05, 0.1) is 0 Å². The van der Waals surface area contributed by atoms with Crippen molar-refractivity contribution in [1.29, 1.82) is 0 Å². The summed E-state index contributed by atoms with van der Waals surface area (Å²) in [6.45, 7) is 4.02. The van der Waals surface area contributed by atoms with Crippen LogP contribution < -0.4 is 5.32 Å². The van der Waals surface area contributed by atoms with Gasteiger partial charge >= 0.3 is 0 Å². The predicted octanol–water partition coefficient (Wildman–Crippen LogP) is 4.69. The molecule has 0 amide bonds. The molecule has 94 valence electrons. The maximum atomic E-state index is 6.19. The lowest BCUT2D eigenvalue weighted by Gasteiger charge is -1.99. The minimum Gasteiger partial charge on any atom is -0.314 e. The summed E-state index contributed by atoms with van der Waals surface area (Å²) in [6, 6.07) is 12.2. The Balaban J connectivity index is 2.11. The fourth-order valence-electron chi connectivity index (χ4n) is 1.65. The van der Waals surface area contributed by atoms with Gasteiger partial charge in [0.15, 0.2) is 0 Å². The molecule has 0 fully saturated rings. The molecule has 0 spiro atoms. The number of nitrogens with one attached hydrogen (secondary N) is 1. The summed E-state index contributed by atoms with van der Waals surface area (Å²) in [5.41, 5.74) is 1.11. The fraction of sp³-hybridized carbons (Fsp3) is 0.200. The van der Waals surface area contributed by atoms with E-state index in [1.807, 2.05) is 18.2 Å². The standard InChI is InChI=1S/C15H16ClNS/c1-2-17-11-5-6-12-9-10-15(18-12)13-7-3-4-8-14(13)16/h3-10,17H,2,11H2,1H3. The van der Waals surface area contributed by atoms with Crippen molar-refractivity contribution >= 4 is 29.0 Å². The lowest BCUT2D eigenvalue weighted by atomic mass is 10.2. The average Bonchev–Trinajstić information content (AvgIpc) is 2.84. The van der Waals surface area contributed by atoms with Crippen LogP contribution in [0.15, 0.2) is 42.5 Å². The molecule has 0 saturated heterocycles. The Morgan fingerprint density at radius 3 is 2.83 bits per heavy atom. The third-order valence-corrected chi connectivity index (χ3v) is 3.97. The second kappa shape index (κ2) is 6.74. The molecule has 1 aromatic heterocycles. The molecular weight excluding hydrogens is 262 g/mol. The highest BCUT2D eigenvalue weighted by Crippen LogP contribution is 2.33. The molecule has 1 aromatic carbocycles. The van der Waals surface area contributed by atoms with Crippen LogP contribution in [0.4, 0.5) is 0 Å². The Morgan fingerprint density at radius 2 is 2.06 bits per heavy atom. The molecule has 0 aliphatic carbocycles. The van der Waals surface area contributed by atoms with E-state index < -0.39 is 0 Å². The quantitative estimate of drug-likeness (QED) is 0.782. The van der Waals surface area contributed by atoms with Crippen LogP contribution in [-0.2, 0) is 0 Å². The second-order valence-corrected chi connectivity index (χ2v) is 5.41. The number of hydrogen-bond donors (Lipinski definition) is 1. The molecule has 3 heteroatoms. The van der Waals surface area contributed by atoms with Gasteiger partial charge < -0.3 is 5.32 Å². The molecule has 0 aliphatic rings. The van der Waals surface area contributed by atoms with Gasteiger partial charge in [-0.05, 0) is 30.8 Å². The molecule has 2 aromatic rings. The highest BCUT2D eigenvalue weighted by Gasteiger charge is 2.04. The van der Waals surface area contributed by atoms with Crippen molar-refractivity contribution < 1.29 is 0 Å². The Kier molecular flexibility index (Phi) is 5.00. The SMILES string of the molecule is CCNCC=Cc1ccc(-c2ccccc2Cl)s1. The zero-order chi connectivity index (χ0) is 12.8. The van der Waals surface area contributed by atoms with Crippen LogP contribution in [0.1, 0.15) is 11.8 Å². The van der Waals surface area contributed by atoms with E-state index in [1.165, 1.54) is 9.75 Å². The average molecular weight is 278 g/mol. The molecule has 0 radical (unpaired) electrons. The number of hydrogen-bond acceptors (Lipinski definition) is 2. The van der Waals surface area contributed by atoms with E-state index in [-0.39, 0.29) is 0 Å². The molecule has 0 saturated carbocycles. The smallest absolute Gasteiger partial charge is 0.0492 e. The Hall–Kier alpha value is -1.09. The van der Waals surface area contributed by atoms with E-state index >= 15 is 0 Å². The zero-order valence-electron chi connectivity index (χ0n) is 10.3. The fourth-order valence-corrected chi connectivity index (χ4v) is 2.92. The minimum absolute atomic E-state index is 0.808. The van der Waals surface area contributed by atoms with Crippen molar-refractivity contribution in [3.8, 4) is 10.4 Å². The van der Waals surface area contributed by atoms with Gasteiger partial charge in [0.25, 0.3) is 0 Å². The number of halogens is 1. The first kappa shape index (κ1) is 13.3. The van der Waals surface area contributed by atoms with Gasteiger partial charge in [-0.2, -0.15) is 0 Å². The van der Waals surface area contributed by atoms with Crippen molar-refractivity contribution in [2.75, 3.05) is 13.1 Å². The summed E-state index contributed by atoms with van der Waals surface area (Å²) < 4.78 is 0. The molecule has 2 rings (SSSR count). The van der Waals surface area contributed by atoms with Crippen LogP contribution >= 0.6 is 22.9 Å². The van der Waals surface area contributed by atoms with Crippen molar-refractivity contribution in [3.05, 3.63) is 52.4 Å². The number of thiophene rings is 1. The van der Waals surface area contributed by atoms with Crippen molar-refractivity contribution in [3.63, 3.8) is 0 Å². The van der Waals surface area contributed by atoms with Crippen LogP contribution in [-0.4, -0.2) is 13.1 Å². The third kappa shape index (κ3) is 3.45. The normalized spacial score (nSPS) is 11.2. The van der Waals surface area contributed by atoms with Crippen LogP contribution in [0.5, 0.6) is 0 Å². The van der Waals surface area contributed by atoms with E-state index in [1.54, 1.807) is 11.3 Å². The van der Waals surface area contributed by atoms with Gasteiger partial charge in [-0.3, -0.25) is 0 Å². The largest absolute Gasteiger partial charge is 0.314 e. The van der Waals surface area contributed by atoms with Crippen LogP contribution in [0.25, 0.3) is 16.5 Å². The highest BCUT2D eigenvalue weighted by molar-refractivity contribution is 7.16. The van der Waals surface area contributed by atoms with Gasteiger partial charge in [0.1, 0.15) is 0 Å². The topological polar surface area (TPSA) is 12.0 Å². The lowest BCUT2D eigenvalue weighted by molar-refractivity contribution is 0.801. The first-order valence-electron chi connectivity index (χ1n) is 6.03. The number of likely N-dealkylation sites (N-methyl/N-ethyl adjacent to an activating group) is 1. The van der Waals surface area contributed by atoms with E-state index in [2.05, 4.69) is 42.6 Å². The molecule has 0 unspecified atom stereocenters. The maximum absolute atomic E-state index is 6.19. The molecule has 1 N–H and O–H groups in total. The van der Waals surface area contributed by atoms with E-state index in [4.69, 9.17) is 11.6 Å². The number of benzene rings is 1. The number of rotatable bonds is 5. The van der Waals surface area contributed by atoms with Gasteiger partial charge in [0, 0.05) is 26.9 Å². The molecule has 0 bridgehead atoms. The van der Waals surface area contributed by atoms with Crippen LogP contribution in [0, 0.1) is 0 Å². The molecule has 1 heterocycles. The second-order valence-electron chi connectivity index (χ2n) is 3.89. The summed E-state index contributed by atoms with van der Waals surface area (Å²) in [5.74, 6) is 0. The predicted molar refractivity (Wildman–Crippen MR) is 82.3 cm³/mol. The molecule has 1 nitrogen and oxygen atoms in total. The van der Waals surface area contributed by atoms with Crippen molar-refractivity contribution in [1.82, 2.24) is 5.32 Å². The minimum atomic E-state index is 0.808. The first-order valence-corrected chi connectivity index (χ1v) is 7.22. The Bertz CT molecular complexity index is 531. The lowest BCUT2D eigenvalue weighted by Crippen LogP contribution is -2.11. The Labute approximate surface area is 117 Å². The molecule has 18 heavy (non-hydrogen) atoms. The summed E-state index contributed by atoms with van der Waals surface area (Å²) in [5, 5.41) is 4.07. The van der Waals surface area contributed by atoms with Gasteiger partial charge in [0.2, 0.25) is 0 Å².